The van der Waals surface area contributed by atoms with Gasteiger partial charge in [-0.15, -0.1) is 0 Å². The van der Waals surface area contributed by atoms with Gasteiger partial charge >= 0.3 is 7.60 Å². The number of anilines is 1. The van der Waals surface area contributed by atoms with E-state index in [4.69, 9.17) is 40.4 Å². The van der Waals surface area contributed by atoms with Crippen LogP contribution in [0.1, 0.15) is 32.8 Å². The van der Waals surface area contributed by atoms with E-state index in [2.05, 4.69) is 15.1 Å². The summed E-state index contributed by atoms with van der Waals surface area (Å²) in [6.07, 6.45) is 2.34. The molecule has 17 heteroatoms. The van der Waals surface area contributed by atoms with E-state index in [9.17, 15) is 9.13 Å². The second kappa shape index (κ2) is 17.0. The minimum absolute atomic E-state index is 0.0429. The topological polar surface area (TPSA) is 148 Å². The molecule has 2 aromatic rings. The van der Waals surface area contributed by atoms with Gasteiger partial charge in [0.1, 0.15) is 23.6 Å². The molecule has 2 rings (SSSR count). The third kappa shape index (κ3) is 11.4. The summed E-state index contributed by atoms with van der Waals surface area (Å²) in [5.74, 6) is 0.925. The highest BCUT2D eigenvalue weighted by Gasteiger charge is 2.27. The average molecular weight is 661 g/mol. The van der Waals surface area contributed by atoms with Crippen molar-refractivity contribution in [3.63, 3.8) is 0 Å². The molecule has 0 spiro atoms. The fourth-order valence-corrected chi connectivity index (χ4v) is 7.45. The lowest BCUT2D eigenvalue weighted by molar-refractivity contribution is 0.117. The summed E-state index contributed by atoms with van der Waals surface area (Å²) in [6, 6.07) is 14.3. The number of benzene rings is 2. The quantitative estimate of drug-likeness (QED) is 0.0404. The Morgan fingerprint density at radius 3 is 2.21 bits per heavy atom. The van der Waals surface area contributed by atoms with Crippen molar-refractivity contribution in [3.05, 3.63) is 64.5 Å². The van der Waals surface area contributed by atoms with E-state index >= 15 is 0 Å². The summed E-state index contributed by atoms with van der Waals surface area (Å²) < 4.78 is 53.7. The Morgan fingerprint density at radius 1 is 1.10 bits per heavy atom. The van der Waals surface area contributed by atoms with Crippen LogP contribution in [-0.4, -0.2) is 63.5 Å². The Kier molecular flexibility index (Phi) is 14.5. The van der Waals surface area contributed by atoms with Crippen molar-refractivity contribution in [1.29, 1.82) is 0 Å². The highest BCUT2D eigenvalue weighted by atomic mass is 32.4. The van der Waals surface area contributed by atoms with Gasteiger partial charge in [0.15, 0.2) is 5.72 Å². The molecule has 0 aliphatic rings. The molecule has 0 fully saturated rings. The van der Waals surface area contributed by atoms with Crippen molar-refractivity contribution in [2.24, 2.45) is 10.2 Å². The standard InChI is InChI=1S/C25H39N6O7P3S/c1-8-24(40(42)30(4)27-17-20-9-13-23(14-10-20)38-25(2,3)28-29-26)37-22-15-11-21(12-16-22)31(18-39(32)34-5)19-41(33,35-6)36-7/h9-17,24,39-40H,8,18-19H2,1-7H3/b27-17+. The Balaban J connectivity index is 2.08. The molecule has 2 aromatic carbocycles. The van der Waals surface area contributed by atoms with E-state index in [1.807, 2.05) is 26.1 Å². The maximum absolute atomic E-state index is 12.7. The number of nitrogens with zero attached hydrogens (tertiary/aromatic N) is 6. The lowest BCUT2D eigenvalue weighted by Crippen LogP contribution is -2.25. The van der Waals surface area contributed by atoms with Gasteiger partial charge in [0.2, 0.25) is 8.03 Å². The summed E-state index contributed by atoms with van der Waals surface area (Å²) in [5.41, 5.74) is 9.16. The first-order valence-electron chi connectivity index (χ1n) is 12.8. The summed E-state index contributed by atoms with van der Waals surface area (Å²) in [6.45, 7) is 3.71. The zero-order chi connectivity index (χ0) is 31.3. The van der Waals surface area contributed by atoms with Crippen molar-refractivity contribution < 1.29 is 32.2 Å². The molecular weight excluding hydrogens is 621 g/mol. The Bertz CT molecular complexity index is 1320. The molecule has 0 heterocycles. The van der Waals surface area contributed by atoms with Crippen LogP contribution in [-0.2, 0) is 34.5 Å². The summed E-state index contributed by atoms with van der Waals surface area (Å²) >= 11 is 5.83. The molecule has 0 bridgehead atoms. The van der Waals surface area contributed by atoms with Crippen LogP contribution in [0.4, 0.5) is 5.69 Å². The van der Waals surface area contributed by atoms with E-state index in [1.54, 1.807) is 66.1 Å². The minimum Gasteiger partial charge on any atom is -0.484 e. The van der Waals surface area contributed by atoms with Crippen molar-refractivity contribution in [2.75, 3.05) is 45.8 Å². The molecule has 0 saturated carbocycles. The Hall–Kier alpha value is -2.39. The Morgan fingerprint density at radius 2 is 1.69 bits per heavy atom. The smallest absolute Gasteiger partial charge is 0.349 e. The molecule has 3 unspecified atom stereocenters. The Labute approximate surface area is 253 Å². The summed E-state index contributed by atoms with van der Waals surface area (Å²) in [4.78, 5) is 4.44. The van der Waals surface area contributed by atoms with E-state index in [-0.39, 0.29) is 18.4 Å². The molecule has 0 saturated heterocycles. The molecule has 42 heavy (non-hydrogen) atoms. The van der Waals surface area contributed by atoms with E-state index in [1.165, 1.54) is 21.3 Å². The molecule has 0 N–H and O–H groups in total. The normalized spacial score (nSPS) is 14.1. The molecular formula is C25H39N6O7P3S. The maximum atomic E-state index is 12.7. The van der Waals surface area contributed by atoms with Gasteiger partial charge < -0.3 is 27.9 Å². The number of hydrogen-bond donors (Lipinski definition) is 0. The molecule has 0 aliphatic carbocycles. The molecule has 3 atom stereocenters. The van der Waals surface area contributed by atoms with E-state index in [0.29, 0.717) is 23.6 Å². The van der Waals surface area contributed by atoms with Gasteiger partial charge in [-0.1, -0.05) is 18.7 Å². The van der Waals surface area contributed by atoms with Crippen LogP contribution in [0.3, 0.4) is 0 Å². The second-order valence-electron chi connectivity index (χ2n) is 9.31. The zero-order valence-corrected chi connectivity index (χ0v) is 28.5. The van der Waals surface area contributed by atoms with Crippen LogP contribution in [0.25, 0.3) is 10.4 Å². The SMILES string of the molecule is CCC(Oc1ccc(N(C[PH](=O)OC)CP(=O)(OC)OC)cc1)[PH](=S)N(C)/N=C/c1ccc(OC(C)(C)N=[N+]=[N-])cc1. The highest BCUT2D eigenvalue weighted by Crippen LogP contribution is 2.48. The fraction of sp³-hybridized carbons (Fsp3) is 0.480. The van der Waals surface area contributed by atoms with Crippen LogP contribution in [0.2, 0.25) is 0 Å². The van der Waals surface area contributed by atoms with Gasteiger partial charge in [0.25, 0.3) is 0 Å². The van der Waals surface area contributed by atoms with Crippen molar-refractivity contribution in [2.45, 2.75) is 38.8 Å². The van der Waals surface area contributed by atoms with Crippen molar-refractivity contribution in [1.82, 2.24) is 4.78 Å². The molecule has 0 aliphatic heterocycles. The number of rotatable bonds is 18. The van der Waals surface area contributed by atoms with Gasteiger partial charge in [0, 0.05) is 39.0 Å². The number of ether oxygens (including phenoxy) is 2. The van der Waals surface area contributed by atoms with Gasteiger partial charge in [-0.2, -0.15) is 5.10 Å². The first-order chi connectivity index (χ1) is 19.9. The van der Waals surface area contributed by atoms with E-state index < -0.39 is 28.2 Å². The second-order valence-corrected chi connectivity index (χ2v) is 16.2. The monoisotopic (exact) mass is 660 g/mol. The predicted molar refractivity (Wildman–Crippen MR) is 172 cm³/mol. The lowest BCUT2D eigenvalue weighted by atomic mass is 10.2. The summed E-state index contributed by atoms with van der Waals surface area (Å²) in [5, 5.41) is 8.15. The van der Waals surface area contributed by atoms with Gasteiger partial charge in [-0.05, 0) is 85.0 Å². The van der Waals surface area contributed by atoms with Crippen LogP contribution < -0.4 is 14.4 Å². The number of hydrogen-bond acceptors (Lipinski definition) is 11. The lowest BCUT2D eigenvalue weighted by Gasteiger charge is -2.28. The van der Waals surface area contributed by atoms with Crippen LogP contribution in [0.5, 0.6) is 11.5 Å². The zero-order valence-electron chi connectivity index (χ0n) is 24.8. The number of azide groups is 1. The highest BCUT2D eigenvalue weighted by molar-refractivity contribution is 8.04. The van der Waals surface area contributed by atoms with Crippen LogP contribution in [0, 0.1) is 0 Å². The average Bonchev–Trinajstić information content (AvgIpc) is 2.98. The molecule has 232 valence electrons. The molecule has 0 amide bonds. The van der Waals surface area contributed by atoms with Crippen LogP contribution in [0.15, 0.2) is 58.7 Å². The minimum atomic E-state index is -3.41. The predicted octanol–water partition coefficient (Wildman–Crippen LogP) is 7.11. The third-order valence-electron chi connectivity index (χ3n) is 5.81. The van der Waals surface area contributed by atoms with E-state index in [0.717, 1.165) is 5.56 Å². The van der Waals surface area contributed by atoms with Gasteiger partial charge in [-0.3, -0.25) is 13.9 Å². The van der Waals surface area contributed by atoms with Crippen molar-refractivity contribution in [3.8, 4) is 11.5 Å². The van der Waals surface area contributed by atoms with Crippen LogP contribution >= 0.6 is 22.5 Å². The largest absolute Gasteiger partial charge is 0.484 e. The van der Waals surface area contributed by atoms with Crippen molar-refractivity contribution >= 4 is 46.2 Å². The van der Waals surface area contributed by atoms with Gasteiger partial charge in [-0.25, -0.2) is 0 Å². The molecule has 13 nitrogen and oxygen atoms in total. The maximum Gasteiger partial charge on any atom is 0.349 e. The fourth-order valence-electron chi connectivity index (χ4n) is 3.51. The number of hydrazone groups is 1. The molecule has 0 radical (unpaired) electrons. The molecule has 0 aromatic heterocycles. The third-order valence-corrected chi connectivity index (χ3v) is 12.1. The van der Waals surface area contributed by atoms with Gasteiger partial charge in [0.05, 0.1) is 19.3 Å². The first kappa shape index (κ1) is 35.8. The summed E-state index contributed by atoms with van der Waals surface area (Å²) in [7, 11) is 0.00356. The first-order valence-corrected chi connectivity index (χ1v) is 18.8.